The van der Waals surface area contributed by atoms with Crippen molar-refractivity contribution in [1.29, 1.82) is 0 Å². The summed E-state index contributed by atoms with van der Waals surface area (Å²) in [6.45, 7) is 0.494. The molecule has 1 amide bonds. The van der Waals surface area contributed by atoms with E-state index in [1.807, 2.05) is 30.3 Å². The van der Waals surface area contributed by atoms with E-state index in [0.717, 1.165) is 17.0 Å². The SMILES string of the molecule is O=C(O)C1CCCN1C(=O)c1cnc(-c2ccccc2)s1. The molecule has 1 aromatic carbocycles. The van der Waals surface area contributed by atoms with Gasteiger partial charge in [-0.2, -0.15) is 0 Å². The third-order valence-corrected chi connectivity index (χ3v) is 4.57. The van der Waals surface area contributed by atoms with Crippen molar-refractivity contribution in [3.63, 3.8) is 0 Å². The van der Waals surface area contributed by atoms with Gasteiger partial charge in [-0.15, -0.1) is 11.3 Å². The van der Waals surface area contributed by atoms with Crippen LogP contribution in [0.4, 0.5) is 0 Å². The third kappa shape index (κ3) is 2.67. The molecule has 1 saturated heterocycles. The molecule has 0 bridgehead atoms. The highest BCUT2D eigenvalue weighted by atomic mass is 32.1. The maximum atomic E-state index is 12.4. The first-order valence-corrected chi connectivity index (χ1v) is 7.53. The van der Waals surface area contributed by atoms with Gasteiger partial charge in [-0.25, -0.2) is 9.78 Å². The number of carboxylic acids is 1. The second-order valence-electron chi connectivity index (χ2n) is 4.89. The van der Waals surface area contributed by atoms with Crippen LogP contribution in [-0.2, 0) is 4.79 Å². The Kier molecular flexibility index (Phi) is 3.70. The highest BCUT2D eigenvalue weighted by molar-refractivity contribution is 7.16. The van der Waals surface area contributed by atoms with Gasteiger partial charge in [-0.3, -0.25) is 4.79 Å². The summed E-state index contributed by atoms with van der Waals surface area (Å²) in [4.78, 5) is 29.8. The number of thiazole rings is 1. The maximum absolute atomic E-state index is 12.4. The molecule has 2 heterocycles. The summed E-state index contributed by atoms with van der Waals surface area (Å²) in [5.74, 6) is -1.17. The van der Waals surface area contributed by atoms with Crippen molar-refractivity contribution in [1.82, 2.24) is 9.88 Å². The fourth-order valence-corrected chi connectivity index (χ4v) is 3.37. The second-order valence-corrected chi connectivity index (χ2v) is 5.92. The van der Waals surface area contributed by atoms with Crippen LogP contribution in [0, 0.1) is 0 Å². The molecule has 1 unspecified atom stereocenters. The van der Waals surface area contributed by atoms with Gasteiger partial charge in [0.15, 0.2) is 0 Å². The summed E-state index contributed by atoms with van der Waals surface area (Å²) in [6, 6.07) is 8.91. The van der Waals surface area contributed by atoms with E-state index in [1.165, 1.54) is 22.4 Å². The molecular formula is C15H14N2O3S. The first-order chi connectivity index (χ1) is 10.2. The Labute approximate surface area is 125 Å². The van der Waals surface area contributed by atoms with Crippen LogP contribution in [-0.4, -0.2) is 39.5 Å². The number of carbonyl (C=O) groups is 2. The van der Waals surface area contributed by atoms with Gasteiger partial charge in [0, 0.05) is 12.1 Å². The molecule has 0 spiro atoms. The molecule has 0 saturated carbocycles. The molecule has 108 valence electrons. The number of benzene rings is 1. The van der Waals surface area contributed by atoms with Crippen LogP contribution in [0.5, 0.6) is 0 Å². The van der Waals surface area contributed by atoms with Gasteiger partial charge in [-0.1, -0.05) is 30.3 Å². The molecule has 0 radical (unpaired) electrons. The molecule has 1 N–H and O–H groups in total. The van der Waals surface area contributed by atoms with Crippen molar-refractivity contribution in [3.8, 4) is 10.6 Å². The van der Waals surface area contributed by atoms with Crippen molar-refractivity contribution >= 4 is 23.2 Å². The van der Waals surface area contributed by atoms with Crippen LogP contribution in [0.25, 0.3) is 10.6 Å². The standard InChI is InChI=1S/C15H14N2O3S/c18-14(17-8-4-7-11(17)15(19)20)12-9-16-13(21-12)10-5-2-1-3-6-10/h1-3,5-6,9,11H,4,7-8H2,(H,19,20). The number of likely N-dealkylation sites (tertiary alicyclic amines) is 1. The summed E-state index contributed by atoms with van der Waals surface area (Å²) in [6.07, 6.45) is 2.78. The van der Waals surface area contributed by atoms with Gasteiger partial charge in [0.05, 0.1) is 6.20 Å². The largest absolute Gasteiger partial charge is 0.480 e. The number of hydrogen-bond acceptors (Lipinski definition) is 4. The molecule has 0 aliphatic carbocycles. The van der Waals surface area contributed by atoms with Crippen molar-refractivity contribution in [2.75, 3.05) is 6.54 Å². The van der Waals surface area contributed by atoms with E-state index in [2.05, 4.69) is 4.98 Å². The number of aliphatic carboxylic acids is 1. The molecule has 5 nitrogen and oxygen atoms in total. The van der Waals surface area contributed by atoms with Crippen LogP contribution in [0.1, 0.15) is 22.5 Å². The van der Waals surface area contributed by atoms with Crippen molar-refractivity contribution < 1.29 is 14.7 Å². The van der Waals surface area contributed by atoms with E-state index in [-0.39, 0.29) is 5.91 Å². The van der Waals surface area contributed by atoms with Gasteiger partial charge in [-0.05, 0) is 12.8 Å². The summed E-state index contributed by atoms with van der Waals surface area (Å²) < 4.78 is 0. The Hall–Kier alpha value is -2.21. The van der Waals surface area contributed by atoms with E-state index in [4.69, 9.17) is 5.11 Å². The highest BCUT2D eigenvalue weighted by Crippen LogP contribution is 2.28. The smallest absolute Gasteiger partial charge is 0.326 e. The van der Waals surface area contributed by atoms with Crippen LogP contribution in [0.2, 0.25) is 0 Å². The van der Waals surface area contributed by atoms with Crippen LogP contribution in [0.3, 0.4) is 0 Å². The maximum Gasteiger partial charge on any atom is 0.326 e. The van der Waals surface area contributed by atoms with Crippen LogP contribution < -0.4 is 0 Å². The first-order valence-electron chi connectivity index (χ1n) is 6.72. The van der Waals surface area contributed by atoms with Crippen LogP contribution in [0.15, 0.2) is 36.5 Å². The van der Waals surface area contributed by atoms with Crippen molar-refractivity contribution in [3.05, 3.63) is 41.4 Å². The van der Waals surface area contributed by atoms with Crippen LogP contribution >= 0.6 is 11.3 Å². The predicted octanol–water partition coefficient (Wildman–Crippen LogP) is 2.50. The normalized spacial score (nSPS) is 17.9. The van der Waals surface area contributed by atoms with Crippen molar-refractivity contribution in [2.24, 2.45) is 0 Å². The Bertz CT molecular complexity index is 669. The number of aromatic nitrogens is 1. The fourth-order valence-electron chi connectivity index (χ4n) is 2.50. The van der Waals surface area contributed by atoms with Gasteiger partial charge < -0.3 is 10.0 Å². The number of rotatable bonds is 3. The summed E-state index contributed by atoms with van der Waals surface area (Å²) >= 11 is 1.30. The second kappa shape index (κ2) is 5.65. The lowest BCUT2D eigenvalue weighted by molar-refractivity contribution is -0.141. The van der Waals surface area contributed by atoms with E-state index < -0.39 is 12.0 Å². The predicted molar refractivity (Wildman–Crippen MR) is 79.2 cm³/mol. The Morgan fingerprint density at radius 3 is 2.76 bits per heavy atom. The molecular weight excluding hydrogens is 288 g/mol. The van der Waals surface area contributed by atoms with E-state index in [1.54, 1.807) is 0 Å². The Morgan fingerprint density at radius 1 is 1.29 bits per heavy atom. The molecule has 21 heavy (non-hydrogen) atoms. The topological polar surface area (TPSA) is 70.5 Å². The number of amides is 1. The zero-order valence-corrected chi connectivity index (χ0v) is 12.0. The average molecular weight is 302 g/mol. The van der Waals surface area contributed by atoms with Gasteiger partial charge in [0.1, 0.15) is 15.9 Å². The lowest BCUT2D eigenvalue weighted by atomic mass is 10.2. The van der Waals surface area contributed by atoms with E-state index in [9.17, 15) is 9.59 Å². The van der Waals surface area contributed by atoms with Gasteiger partial charge >= 0.3 is 5.97 Å². The fraction of sp³-hybridized carbons (Fsp3) is 0.267. The van der Waals surface area contributed by atoms with Gasteiger partial charge in [0.25, 0.3) is 5.91 Å². The molecule has 1 aromatic heterocycles. The minimum absolute atomic E-state index is 0.236. The molecule has 3 rings (SSSR count). The lowest BCUT2D eigenvalue weighted by Crippen LogP contribution is -2.40. The van der Waals surface area contributed by atoms with Crippen molar-refractivity contribution in [2.45, 2.75) is 18.9 Å². The van der Waals surface area contributed by atoms with Gasteiger partial charge in [0.2, 0.25) is 0 Å². The molecule has 1 fully saturated rings. The quantitative estimate of drug-likeness (QED) is 0.945. The summed E-state index contributed by atoms with van der Waals surface area (Å²) in [5.41, 5.74) is 0.956. The molecule has 1 aliphatic rings. The zero-order chi connectivity index (χ0) is 14.8. The molecule has 6 heteroatoms. The zero-order valence-electron chi connectivity index (χ0n) is 11.2. The Balaban J connectivity index is 1.83. The number of carbonyl (C=O) groups excluding carboxylic acids is 1. The highest BCUT2D eigenvalue weighted by Gasteiger charge is 2.35. The average Bonchev–Trinajstić information content (AvgIpc) is 3.17. The lowest BCUT2D eigenvalue weighted by Gasteiger charge is -2.20. The van der Waals surface area contributed by atoms with E-state index >= 15 is 0 Å². The molecule has 1 aliphatic heterocycles. The minimum Gasteiger partial charge on any atom is -0.480 e. The molecule has 2 aromatic rings. The number of carboxylic acid groups (broad SMARTS) is 1. The number of hydrogen-bond donors (Lipinski definition) is 1. The monoisotopic (exact) mass is 302 g/mol. The Morgan fingerprint density at radius 2 is 2.05 bits per heavy atom. The summed E-state index contributed by atoms with van der Waals surface area (Å²) in [7, 11) is 0. The van der Waals surface area contributed by atoms with E-state index in [0.29, 0.717) is 17.8 Å². The third-order valence-electron chi connectivity index (χ3n) is 3.54. The molecule has 1 atom stereocenters. The minimum atomic E-state index is -0.936. The first kappa shape index (κ1) is 13.8. The number of nitrogens with zero attached hydrogens (tertiary/aromatic N) is 2. The summed E-state index contributed by atoms with van der Waals surface area (Å²) in [5, 5.41) is 9.93.